The number of nitrogens with zero attached hydrogens (tertiary/aromatic N) is 2. The number of carbonyl (C=O) groups excluding carboxylic acids is 1. The highest BCUT2D eigenvalue weighted by molar-refractivity contribution is 6.01. The summed E-state index contributed by atoms with van der Waals surface area (Å²) >= 11 is 0. The van der Waals surface area contributed by atoms with Gasteiger partial charge in [-0.3, -0.25) is 4.90 Å². The summed E-state index contributed by atoms with van der Waals surface area (Å²) < 4.78 is 0. The SMILES string of the molecule is CCN(C(=O)Nc1ccc(C#N)cc1)c1ccc(N)cc1. The molecule has 2 amide bonds. The Morgan fingerprint density at radius 2 is 1.81 bits per heavy atom. The molecule has 106 valence electrons. The Hall–Kier alpha value is -3.00. The summed E-state index contributed by atoms with van der Waals surface area (Å²) in [5.41, 5.74) is 8.28. The summed E-state index contributed by atoms with van der Waals surface area (Å²) in [5.74, 6) is 0. The second-order valence-electron chi connectivity index (χ2n) is 4.46. The maximum atomic E-state index is 12.3. The van der Waals surface area contributed by atoms with Gasteiger partial charge in [0.05, 0.1) is 11.6 Å². The average Bonchev–Trinajstić information content (AvgIpc) is 2.50. The van der Waals surface area contributed by atoms with Crippen molar-refractivity contribution in [1.29, 1.82) is 5.26 Å². The van der Waals surface area contributed by atoms with E-state index in [-0.39, 0.29) is 6.03 Å². The number of hydrogen-bond donors (Lipinski definition) is 2. The summed E-state index contributed by atoms with van der Waals surface area (Å²) in [6.45, 7) is 2.43. The van der Waals surface area contributed by atoms with Crippen LogP contribution in [0.25, 0.3) is 0 Å². The van der Waals surface area contributed by atoms with Crippen molar-refractivity contribution in [1.82, 2.24) is 0 Å². The predicted octanol–water partition coefficient (Wildman–Crippen LogP) is 3.20. The largest absolute Gasteiger partial charge is 0.399 e. The van der Waals surface area contributed by atoms with Crippen molar-refractivity contribution in [3.8, 4) is 6.07 Å². The van der Waals surface area contributed by atoms with E-state index in [0.29, 0.717) is 23.5 Å². The number of nitrogen functional groups attached to an aromatic ring is 1. The minimum Gasteiger partial charge on any atom is -0.399 e. The van der Waals surface area contributed by atoms with Crippen LogP contribution in [0.15, 0.2) is 48.5 Å². The number of nitrogens with two attached hydrogens (primary N) is 1. The molecular formula is C16H16N4O. The normalized spacial score (nSPS) is 9.71. The minimum absolute atomic E-state index is 0.230. The van der Waals surface area contributed by atoms with Crippen molar-refractivity contribution in [2.75, 3.05) is 22.5 Å². The Kier molecular flexibility index (Phi) is 4.42. The number of anilines is 3. The Labute approximate surface area is 123 Å². The van der Waals surface area contributed by atoms with Crippen molar-refractivity contribution in [2.24, 2.45) is 0 Å². The molecule has 0 saturated heterocycles. The molecule has 21 heavy (non-hydrogen) atoms. The third kappa shape index (κ3) is 3.51. The lowest BCUT2D eigenvalue weighted by molar-refractivity contribution is 0.257. The van der Waals surface area contributed by atoms with E-state index in [0.717, 1.165) is 5.69 Å². The molecule has 0 aliphatic heterocycles. The highest BCUT2D eigenvalue weighted by Gasteiger charge is 2.13. The molecule has 2 aromatic rings. The summed E-state index contributed by atoms with van der Waals surface area (Å²) in [6.07, 6.45) is 0. The van der Waals surface area contributed by atoms with Gasteiger partial charge in [0, 0.05) is 23.6 Å². The number of urea groups is 1. The molecule has 0 saturated carbocycles. The number of benzene rings is 2. The van der Waals surface area contributed by atoms with Crippen LogP contribution >= 0.6 is 0 Å². The molecule has 0 atom stereocenters. The molecule has 3 N–H and O–H groups in total. The van der Waals surface area contributed by atoms with Gasteiger partial charge in [-0.2, -0.15) is 5.26 Å². The van der Waals surface area contributed by atoms with Crippen LogP contribution in [0.5, 0.6) is 0 Å². The molecule has 5 nitrogen and oxygen atoms in total. The van der Waals surface area contributed by atoms with Gasteiger partial charge < -0.3 is 11.1 Å². The first-order valence-corrected chi connectivity index (χ1v) is 6.58. The summed E-state index contributed by atoms with van der Waals surface area (Å²) in [5, 5.41) is 11.6. The van der Waals surface area contributed by atoms with E-state index in [1.54, 1.807) is 53.4 Å². The molecule has 2 aromatic carbocycles. The lowest BCUT2D eigenvalue weighted by atomic mass is 10.2. The van der Waals surface area contributed by atoms with E-state index < -0.39 is 0 Å². The van der Waals surface area contributed by atoms with Crippen molar-refractivity contribution in [2.45, 2.75) is 6.92 Å². The zero-order chi connectivity index (χ0) is 15.2. The van der Waals surface area contributed by atoms with E-state index in [9.17, 15) is 4.79 Å². The molecule has 0 heterocycles. The van der Waals surface area contributed by atoms with Gasteiger partial charge in [0.15, 0.2) is 0 Å². The first-order chi connectivity index (χ1) is 10.1. The third-order valence-electron chi connectivity index (χ3n) is 3.03. The van der Waals surface area contributed by atoms with Gasteiger partial charge in [-0.25, -0.2) is 4.79 Å². The van der Waals surface area contributed by atoms with Crippen LogP contribution in [0, 0.1) is 11.3 Å². The molecular weight excluding hydrogens is 264 g/mol. The minimum atomic E-state index is -0.230. The van der Waals surface area contributed by atoms with Crippen LogP contribution in [0.1, 0.15) is 12.5 Å². The fourth-order valence-corrected chi connectivity index (χ4v) is 1.92. The fourth-order valence-electron chi connectivity index (χ4n) is 1.92. The molecule has 0 aliphatic rings. The van der Waals surface area contributed by atoms with E-state index in [1.165, 1.54) is 0 Å². The molecule has 0 radical (unpaired) electrons. The second-order valence-corrected chi connectivity index (χ2v) is 4.46. The summed E-state index contributed by atoms with van der Waals surface area (Å²) in [6, 6.07) is 15.7. The second kappa shape index (κ2) is 6.44. The zero-order valence-corrected chi connectivity index (χ0v) is 11.7. The van der Waals surface area contributed by atoms with Crippen LogP contribution in [0.2, 0.25) is 0 Å². The van der Waals surface area contributed by atoms with Gasteiger partial charge in [-0.15, -0.1) is 0 Å². The standard InChI is InChI=1S/C16H16N4O/c1-2-20(15-9-5-13(18)6-10-15)16(21)19-14-7-3-12(11-17)4-8-14/h3-10H,2,18H2,1H3,(H,19,21). The number of amides is 2. The third-order valence-corrected chi connectivity index (χ3v) is 3.03. The first-order valence-electron chi connectivity index (χ1n) is 6.58. The van der Waals surface area contributed by atoms with Gasteiger partial charge in [0.2, 0.25) is 0 Å². The van der Waals surface area contributed by atoms with Gasteiger partial charge in [0.1, 0.15) is 0 Å². The molecule has 0 fully saturated rings. The zero-order valence-electron chi connectivity index (χ0n) is 11.7. The van der Waals surface area contributed by atoms with Crippen molar-refractivity contribution >= 4 is 23.1 Å². The molecule has 2 rings (SSSR count). The van der Waals surface area contributed by atoms with Crippen molar-refractivity contribution in [3.63, 3.8) is 0 Å². The van der Waals surface area contributed by atoms with Crippen LogP contribution < -0.4 is 16.0 Å². The molecule has 0 unspecified atom stereocenters. The summed E-state index contributed by atoms with van der Waals surface area (Å²) in [7, 11) is 0. The Bertz CT molecular complexity index is 656. The number of nitrogens with one attached hydrogen (secondary N) is 1. The highest BCUT2D eigenvalue weighted by atomic mass is 16.2. The van der Waals surface area contributed by atoms with Crippen LogP contribution in [0.4, 0.5) is 21.9 Å². The van der Waals surface area contributed by atoms with Crippen LogP contribution in [-0.4, -0.2) is 12.6 Å². The predicted molar refractivity (Wildman–Crippen MR) is 84.1 cm³/mol. The lowest BCUT2D eigenvalue weighted by Crippen LogP contribution is -2.34. The molecule has 0 spiro atoms. The van der Waals surface area contributed by atoms with E-state index in [2.05, 4.69) is 5.32 Å². The average molecular weight is 280 g/mol. The maximum absolute atomic E-state index is 12.3. The van der Waals surface area contributed by atoms with E-state index in [4.69, 9.17) is 11.0 Å². The molecule has 0 bridgehead atoms. The summed E-state index contributed by atoms with van der Waals surface area (Å²) in [4.78, 5) is 13.9. The van der Waals surface area contributed by atoms with Gasteiger partial charge in [0.25, 0.3) is 0 Å². The lowest BCUT2D eigenvalue weighted by Gasteiger charge is -2.21. The quantitative estimate of drug-likeness (QED) is 0.847. The highest BCUT2D eigenvalue weighted by Crippen LogP contribution is 2.18. The maximum Gasteiger partial charge on any atom is 0.326 e. The number of hydrogen-bond acceptors (Lipinski definition) is 3. The van der Waals surface area contributed by atoms with Gasteiger partial charge in [-0.1, -0.05) is 0 Å². The fraction of sp³-hybridized carbons (Fsp3) is 0.125. The Morgan fingerprint density at radius 3 is 2.33 bits per heavy atom. The Morgan fingerprint density at radius 1 is 1.19 bits per heavy atom. The Balaban J connectivity index is 2.13. The van der Waals surface area contributed by atoms with E-state index >= 15 is 0 Å². The van der Waals surface area contributed by atoms with Crippen LogP contribution in [0.3, 0.4) is 0 Å². The topological polar surface area (TPSA) is 82.2 Å². The van der Waals surface area contributed by atoms with Crippen molar-refractivity contribution in [3.05, 3.63) is 54.1 Å². The monoisotopic (exact) mass is 280 g/mol. The van der Waals surface area contributed by atoms with Crippen LogP contribution in [-0.2, 0) is 0 Å². The first kappa shape index (κ1) is 14.4. The number of nitriles is 1. The smallest absolute Gasteiger partial charge is 0.326 e. The van der Waals surface area contributed by atoms with E-state index in [1.807, 2.05) is 13.0 Å². The molecule has 0 aromatic heterocycles. The van der Waals surface area contributed by atoms with Gasteiger partial charge in [-0.05, 0) is 55.5 Å². The molecule has 0 aliphatic carbocycles. The van der Waals surface area contributed by atoms with Gasteiger partial charge >= 0.3 is 6.03 Å². The number of carbonyl (C=O) groups is 1. The molecule has 5 heteroatoms. The number of rotatable bonds is 3. The van der Waals surface area contributed by atoms with Crippen molar-refractivity contribution < 1.29 is 4.79 Å².